The van der Waals surface area contributed by atoms with Crippen LogP contribution in [0.5, 0.6) is 0 Å². The fraction of sp³-hybridized carbons (Fsp3) is 0.143. The van der Waals surface area contributed by atoms with Gasteiger partial charge in [-0.05, 0) is 81.8 Å². The van der Waals surface area contributed by atoms with Crippen molar-refractivity contribution in [3.8, 4) is 11.1 Å². The lowest BCUT2D eigenvalue weighted by Gasteiger charge is -2.32. The van der Waals surface area contributed by atoms with Crippen molar-refractivity contribution < 1.29 is 0 Å². The smallest absolute Gasteiger partial charge is 0.0623 e. The maximum atomic E-state index is 2.49. The molecule has 1 aliphatic heterocycles. The van der Waals surface area contributed by atoms with E-state index in [1.807, 2.05) is 0 Å². The molecule has 0 nitrogen and oxygen atoms in total. The first-order valence-corrected chi connectivity index (χ1v) is 12.4. The molecule has 4 aromatic rings. The van der Waals surface area contributed by atoms with Crippen LogP contribution in [0.4, 0.5) is 0 Å². The molecule has 0 saturated carbocycles. The Kier molecular flexibility index (Phi) is 4.11. The van der Waals surface area contributed by atoms with Crippen LogP contribution in [-0.4, -0.2) is 8.07 Å². The fourth-order valence-corrected chi connectivity index (χ4v) is 10.3. The van der Waals surface area contributed by atoms with Gasteiger partial charge in [0.2, 0.25) is 0 Å². The van der Waals surface area contributed by atoms with Gasteiger partial charge in [-0.2, -0.15) is 0 Å². The molecule has 5 rings (SSSR count). The number of aryl methyl sites for hydroxylation is 4. The van der Waals surface area contributed by atoms with Crippen LogP contribution in [-0.2, 0) is 0 Å². The summed E-state index contributed by atoms with van der Waals surface area (Å²) in [5.41, 5.74) is 8.39. The Bertz CT molecular complexity index is 1120. The maximum Gasteiger partial charge on any atom is 0.180 e. The van der Waals surface area contributed by atoms with Crippen LogP contribution in [0.1, 0.15) is 22.3 Å². The Morgan fingerprint density at radius 3 is 1.17 bits per heavy atom. The third-order valence-electron chi connectivity index (χ3n) is 6.78. The quantitative estimate of drug-likeness (QED) is 0.395. The van der Waals surface area contributed by atoms with E-state index in [4.69, 9.17) is 0 Å². The minimum Gasteiger partial charge on any atom is -0.0623 e. The normalized spacial score (nSPS) is 13.8. The highest BCUT2D eigenvalue weighted by Gasteiger charge is 2.48. The SMILES string of the molecule is Cc1cc2c(cc1C)[Si](c1ccccc1)(c1ccccc1)c1cc(C)c(C)cc1-2. The molecule has 0 spiro atoms. The number of hydrogen-bond acceptors (Lipinski definition) is 0. The molecule has 0 aliphatic carbocycles. The first-order chi connectivity index (χ1) is 14.0. The van der Waals surface area contributed by atoms with Crippen molar-refractivity contribution in [1.82, 2.24) is 0 Å². The Hall–Kier alpha value is -2.90. The molecular weight excluding hydrogens is 364 g/mol. The van der Waals surface area contributed by atoms with Crippen LogP contribution in [0.25, 0.3) is 11.1 Å². The zero-order valence-corrected chi connectivity index (χ0v) is 18.6. The Balaban J connectivity index is 2.01. The van der Waals surface area contributed by atoms with Crippen molar-refractivity contribution in [2.75, 3.05) is 0 Å². The van der Waals surface area contributed by atoms with Crippen molar-refractivity contribution in [1.29, 1.82) is 0 Å². The summed E-state index contributed by atoms with van der Waals surface area (Å²) < 4.78 is 0. The molecular formula is C28H26Si. The van der Waals surface area contributed by atoms with Crippen LogP contribution < -0.4 is 20.7 Å². The van der Waals surface area contributed by atoms with E-state index in [9.17, 15) is 0 Å². The molecule has 29 heavy (non-hydrogen) atoms. The lowest BCUT2D eigenvalue weighted by molar-refractivity contribution is 1.34. The highest BCUT2D eigenvalue weighted by molar-refractivity contribution is 7.22. The number of fused-ring (bicyclic) bond motifs is 3. The van der Waals surface area contributed by atoms with Crippen LogP contribution in [0.3, 0.4) is 0 Å². The molecule has 4 aromatic carbocycles. The third kappa shape index (κ3) is 2.51. The van der Waals surface area contributed by atoms with Gasteiger partial charge in [-0.1, -0.05) is 84.9 Å². The fourth-order valence-electron chi connectivity index (χ4n) is 5.01. The van der Waals surface area contributed by atoms with Crippen molar-refractivity contribution in [2.24, 2.45) is 0 Å². The minimum atomic E-state index is -2.33. The molecule has 0 unspecified atom stereocenters. The lowest BCUT2D eigenvalue weighted by atomic mass is 9.98. The second-order valence-corrected chi connectivity index (χ2v) is 12.2. The molecule has 1 aliphatic rings. The largest absolute Gasteiger partial charge is 0.180 e. The summed E-state index contributed by atoms with van der Waals surface area (Å²) in [5, 5.41) is 6.02. The number of benzene rings is 4. The Morgan fingerprint density at radius 2 is 0.793 bits per heavy atom. The molecule has 0 fully saturated rings. The standard InChI is InChI=1S/C28H26Si/c1-19-15-25-26-16-20(2)22(4)18-28(26)29(27(25)17-21(19)3,23-11-7-5-8-12-23)24-13-9-6-10-14-24/h5-18H,1-4H3. The van der Waals surface area contributed by atoms with Gasteiger partial charge in [0.15, 0.2) is 8.07 Å². The molecule has 0 atom stereocenters. The average Bonchev–Trinajstić information content (AvgIpc) is 2.99. The van der Waals surface area contributed by atoms with E-state index in [1.54, 1.807) is 0 Å². The predicted molar refractivity (Wildman–Crippen MR) is 128 cm³/mol. The van der Waals surface area contributed by atoms with Gasteiger partial charge in [0.05, 0.1) is 0 Å². The zero-order chi connectivity index (χ0) is 20.2. The van der Waals surface area contributed by atoms with Crippen molar-refractivity contribution in [3.05, 3.63) is 107 Å². The molecule has 0 aromatic heterocycles. The molecule has 1 heteroatoms. The highest BCUT2D eigenvalue weighted by atomic mass is 28.3. The molecule has 0 saturated heterocycles. The van der Waals surface area contributed by atoms with Gasteiger partial charge in [0.25, 0.3) is 0 Å². The van der Waals surface area contributed by atoms with E-state index in [-0.39, 0.29) is 0 Å². The summed E-state index contributed by atoms with van der Waals surface area (Å²) in [7, 11) is -2.33. The number of hydrogen-bond donors (Lipinski definition) is 0. The maximum absolute atomic E-state index is 2.49. The molecule has 0 N–H and O–H groups in total. The second-order valence-electron chi connectivity index (χ2n) is 8.45. The van der Waals surface area contributed by atoms with E-state index in [2.05, 4.69) is 113 Å². The summed E-state index contributed by atoms with van der Waals surface area (Å²) in [5.74, 6) is 0. The van der Waals surface area contributed by atoms with E-state index >= 15 is 0 Å². The summed E-state index contributed by atoms with van der Waals surface area (Å²) >= 11 is 0. The summed E-state index contributed by atoms with van der Waals surface area (Å²) in [6.07, 6.45) is 0. The molecule has 0 amide bonds. The van der Waals surface area contributed by atoms with Crippen LogP contribution in [0, 0.1) is 27.7 Å². The molecule has 142 valence electrons. The molecule has 0 radical (unpaired) electrons. The first-order valence-electron chi connectivity index (χ1n) is 10.4. The zero-order valence-electron chi connectivity index (χ0n) is 17.6. The average molecular weight is 391 g/mol. The monoisotopic (exact) mass is 390 g/mol. The second kappa shape index (κ2) is 6.57. The van der Waals surface area contributed by atoms with Crippen molar-refractivity contribution in [3.63, 3.8) is 0 Å². The van der Waals surface area contributed by atoms with E-state index in [1.165, 1.54) is 54.1 Å². The summed E-state index contributed by atoms with van der Waals surface area (Å²) in [6.45, 7) is 8.99. The lowest BCUT2D eigenvalue weighted by Crippen LogP contribution is -2.72. The van der Waals surface area contributed by atoms with Crippen molar-refractivity contribution in [2.45, 2.75) is 27.7 Å². The first kappa shape index (κ1) is 18.1. The topological polar surface area (TPSA) is 0 Å². The number of rotatable bonds is 2. The Morgan fingerprint density at radius 1 is 0.448 bits per heavy atom. The minimum absolute atomic E-state index is 1.37. The van der Waals surface area contributed by atoms with E-state index in [0.29, 0.717) is 0 Å². The van der Waals surface area contributed by atoms with Gasteiger partial charge in [0, 0.05) is 0 Å². The van der Waals surface area contributed by atoms with Gasteiger partial charge in [-0.25, -0.2) is 0 Å². The van der Waals surface area contributed by atoms with Crippen LogP contribution >= 0.6 is 0 Å². The highest BCUT2D eigenvalue weighted by Crippen LogP contribution is 2.32. The van der Waals surface area contributed by atoms with Gasteiger partial charge in [-0.15, -0.1) is 0 Å². The van der Waals surface area contributed by atoms with Gasteiger partial charge in [0.1, 0.15) is 0 Å². The third-order valence-corrected chi connectivity index (χ3v) is 11.6. The van der Waals surface area contributed by atoms with Gasteiger partial charge >= 0.3 is 0 Å². The van der Waals surface area contributed by atoms with Crippen LogP contribution in [0.2, 0.25) is 0 Å². The molecule has 1 heterocycles. The van der Waals surface area contributed by atoms with Gasteiger partial charge in [-0.3, -0.25) is 0 Å². The predicted octanol–water partition coefficient (Wildman–Crippen LogP) is 4.28. The van der Waals surface area contributed by atoms with Gasteiger partial charge < -0.3 is 0 Å². The van der Waals surface area contributed by atoms with E-state index < -0.39 is 8.07 Å². The summed E-state index contributed by atoms with van der Waals surface area (Å²) in [4.78, 5) is 0. The molecule has 0 bridgehead atoms. The van der Waals surface area contributed by atoms with Crippen molar-refractivity contribution >= 4 is 28.8 Å². The Labute approximate surface area is 174 Å². The van der Waals surface area contributed by atoms with Crippen LogP contribution in [0.15, 0.2) is 84.9 Å². The van der Waals surface area contributed by atoms with E-state index in [0.717, 1.165) is 0 Å². The summed E-state index contributed by atoms with van der Waals surface area (Å²) in [6, 6.07) is 32.3.